The summed E-state index contributed by atoms with van der Waals surface area (Å²) in [7, 11) is 0. The standard InChI is InChI=1S/C8H9F3N2O/c1-2-6(14)5-13-4-3-7(12-13)8(9,10)11/h3-4H,2,5H2,1H3. The monoisotopic (exact) mass is 206 g/mol. The van der Waals surface area contributed by atoms with E-state index < -0.39 is 11.9 Å². The molecule has 0 fully saturated rings. The van der Waals surface area contributed by atoms with Gasteiger partial charge in [0.15, 0.2) is 11.5 Å². The zero-order valence-electron chi connectivity index (χ0n) is 7.51. The molecule has 0 aliphatic heterocycles. The van der Waals surface area contributed by atoms with Gasteiger partial charge in [-0.2, -0.15) is 18.3 Å². The molecule has 1 heterocycles. The summed E-state index contributed by atoms with van der Waals surface area (Å²) in [6, 6.07) is 0.850. The Hall–Kier alpha value is -1.33. The number of hydrogen-bond donors (Lipinski definition) is 0. The Kier molecular flexibility index (Phi) is 2.93. The molecule has 0 amide bonds. The minimum atomic E-state index is -4.44. The van der Waals surface area contributed by atoms with Crippen LogP contribution in [0.3, 0.4) is 0 Å². The summed E-state index contributed by atoms with van der Waals surface area (Å²) in [5.74, 6) is -0.151. The number of carbonyl (C=O) groups excluding carboxylic acids is 1. The van der Waals surface area contributed by atoms with Gasteiger partial charge in [-0.25, -0.2) is 0 Å². The van der Waals surface area contributed by atoms with Crippen molar-refractivity contribution in [2.75, 3.05) is 0 Å². The normalized spacial score (nSPS) is 11.7. The van der Waals surface area contributed by atoms with Crippen LogP contribution in [0, 0.1) is 0 Å². The SMILES string of the molecule is CCC(=O)Cn1ccc(C(F)(F)F)n1. The number of alkyl halides is 3. The van der Waals surface area contributed by atoms with E-state index in [4.69, 9.17) is 0 Å². The van der Waals surface area contributed by atoms with Crippen molar-refractivity contribution >= 4 is 5.78 Å². The van der Waals surface area contributed by atoms with Gasteiger partial charge in [0, 0.05) is 12.6 Å². The Morgan fingerprint density at radius 1 is 1.57 bits per heavy atom. The van der Waals surface area contributed by atoms with E-state index in [1.54, 1.807) is 6.92 Å². The molecule has 1 aromatic heterocycles. The number of aromatic nitrogens is 2. The first-order valence-electron chi connectivity index (χ1n) is 4.06. The average Bonchev–Trinajstić information content (AvgIpc) is 2.51. The zero-order chi connectivity index (χ0) is 10.8. The van der Waals surface area contributed by atoms with Crippen molar-refractivity contribution in [2.45, 2.75) is 26.1 Å². The number of hydrogen-bond acceptors (Lipinski definition) is 2. The van der Waals surface area contributed by atoms with Gasteiger partial charge in [0.25, 0.3) is 0 Å². The Balaban J connectivity index is 2.74. The molecule has 0 saturated heterocycles. The van der Waals surface area contributed by atoms with Gasteiger partial charge >= 0.3 is 6.18 Å². The van der Waals surface area contributed by atoms with E-state index in [1.165, 1.54) is 0 Å². The molecule has 0 bridgehead atoms. The van der Waals surface area contributed by atoms with Gasteiger partial charge in [0.1, 0.15) is 0 Å². The molecular weight excluding hydrogens is 197 g/mol. The van der Waals surface area contributed by atoms with E-state index in [1.807, 2.05) is 0 Å². The maximum atomic E-state index is 12.1. The number of rotatable bonds is 3. The van der Waals surface area contributed by atoms with Crippen molar-refractivity contribution < 1.29 is 18.0 Å². The van der Waals surface area contributed by atoms with E-state index >= 15 is 0 Å². The summed E-state index contributed by atoms with van der Waals surface area (Å²) in [6.07, 6.45) is -3.00. The third-order valence-corrected chi connectivity index (χ3v) is 1.66. The molecular formula is C8H9F3N2O. The number of Topliss-reactive ketones (excluding diaryl/α,β-unsaturated/α-hetero) is 1. The number of carbonyl (C=O) groups is 1. The third-order valence-electron chi connectivity index (χ3n) is 1.66. The Morgan fingerprint density at radius 2 is 2.21 bits per heavy atom. The maximum Gasteiger partial charge on any atom is 0.435 e. The summed E-state index contributed by atoms with van der Waals surface area (Å²) in [6.45, 7) is 1.54. The highest BCUT2D eigenvalue weighted by atomic mass is 19.4. The molecule has 0 aliphatic rings. The summed E-state index contributed by atoms with van der Waals surface area (Å²) in [5.41, 5.74) is -0.971. The molecule has 0 N–H and O–H groups in total. The van der Waals surface area contributed by atoms with E-state index in [2.05, 4.69) is 5.10 Å². The second-order valence-electron chi connectivity index (χ2n) is 2.79. The smallest absolute Gasteiger partial charge is 0.298 e. The van der Waals surface area contributed by atoms with Gasteiger partial charge in [0.2, 0.25) is 0 Å². The van der Waals surface area contributed by atoms with Crippen molar-refractivity contribution in [1.29, 1.82) is 0 Å². The van der Waals surface area contributed by atoms with Crippen molar-refractivity contribution in [3.05, 3.63) is 18.0 Å². The van der Waals surface area contributed by atoms with Gasteiger partial charge in [0.05, 0.1) is 6.54 Å². The highest BCUT2D eigenvalue weighted by Crippen LogP contribution is 2.27. The quantitative estimate of drug-likeness (QED) is 0.756. The average molecular weight is 206 g/mol. The number of ketones is 1. The van der Waals surface area contributed by atoms with E-state index in [0.717, 1.165) is 16.9 Å². The number of halogens is 3. The first kappa shape index (κ1) is 10.7. The summed E-state index contributed by atoms with van der Waals surface area (Å²) < 4.78 is 37.2. The van der Waals surface area contributed by atoms with E-state index in [-0.39, 0.29) is 12.3 Å². The molecule has 0 atom stereocenters. The van der Waals surface area contributed by atoms with Crippen molar-refractivity contribution in [3.8, 4) is 0 Å². The van der Waals surface area contributed by atoms with Crippen LogP contribution in [0.25, 0.3) is 0 Å². The van der Waals surface area contributed by atoms with Crippen LogP contribution in [0.2, 0.25) is 0 Å². The van der Waals surface area contributed by atoms with Gasteiger partial charge in [-0.05, 0) is 6.07 Å². The molecule has 0 spiro atoms. The number of nitrogens with zero attached hydrogens (tertiary/aromatic N) is 2. The zero-order valence-corrected chi connectivity index (χ0v) is 7.51. The minimum Gasteiger partial charge on any atom is -0.298 e. The lowest BCUT2D eigenvalue weighted by atomic mass is 10.3. The highest BCUT2D eigenvalue weighted by molar-refractivity contribution is 5.77. The molecule has 1 rings (SSSR count). The molecule has 14 heavy (non-hydrogen) atoms. The molecule has 0 radical (unpaired) electrons. The lowest BCUT2D eigenvalue weighted by Crippen LogP contribution is -2.12. The van der Waals surface area contributed by atoms with Crippen molar-refractivity contribution in [1.82, 2.24) is 9.78 Å². The van der Waals surface area contributed by atoms with Gasteiger partial charge < -0.3 is 0 Å². The lowest BCUT2D eigenvalue weighted by Gasteiger charge is -2.01. The third kappa shape index (κ3) is 2.58. The topological polar surface area (TPSA) is 34.9 Å². The summed E-state index contributed by atoms with van der Waals surface area (Å²) in [4.78, 5) is 10.9. The van der Waals surface area contributed by atoms with Gasteiger partial charge in [-0.3, -0.25) is 9.48 Å². The molecule has 3 nitrogen and oxygen atoms in total. The van der Waals surface area contributed by atoms with Crippen LogP contribution < -0.4 is 0 Å². The molecule has 1 aromatic rings. The summed E-state index contributed by atoms with van der Waals surface area (Å²) in [5, 5.41) is 3.24. The minimum absolute atomic E-state index is 0.105. The molecule has 0 aromatic carbocycles. The van der Waals surface area contributed by atoms with Gasteiger partial charge in [-0.1, -0.05) is 6.92 Å². The molecule has 78 valence electrons. The lowest BCUT2D eigenvalue weighted by molar-refractivity contribution is -0.141. The van der Waals surface area contributed by atoms with Crippen LogP contribution in [0.4, 0.5) is 13.2 Å². The predicted molar refractivity (Wildman–Crippen MR) is 42.5 cm³/mol. The van der Waals surface area contributed by atoms with E-state index in [0.29, 0.717) is 6.42 Å². The second-order valence-corrected chi connectivity index (χ2v) is 2.79. The predicted octanol–water partition coefficient (Wildman–Crippen LogP) is 1.88. The molecule has 0 saturated carbocycles. The van der Waals surface area contributed by atoms with Crippen molar-refractivity contribution in [3.63, 3.8) is 0 Å². The van der Waals surface area contributed by atoms with Crippen LogP contribution in [-0.2, 0) is 17.5 Å². The highest BCUT2D eigenvalue weighted by Gasteiger charge is 2.33. The second kappa shape index (κ2) is 3.81. The first-order valence-corrected chi connectivity index (χ1v) is 4.06. The van der Waals surface area contributed by atoms with Crippen LogP contribution in [0.15, 0.2) is 12.3 Å². The molecule has 0 aliphatic carbocycles. The fourth-order valence-corrected chi connectivity index (χ4v) is 0.893. The Morgan fingerprint density at radius 3 is 2.64 bits per heavy atom. The summed E-state index contributed by atoms with van der Waals surface area (Å²) >= 11 is 0. The largest absolute Gasteiger partial charge is 0.435 e. The Labute approximate surface area is 78.5 Å². The van der Waals surface area contributed by atoms with Crippen molar-refractivity contribution in [2.24, 2.45) is 0 Å². The first-order chi connectivity index (χ1) is 6.43. The fraction of sp³-hybridized carbons (Fsp3) is 0.500. The molecule has 6 heteroatoms. The maximum absolute atomic E-state index is 12.1. The van der Waals surface area contributed by atoms with Crippen LogP contribution >= 0.6 is 0 Å². The Bertz CT molecular complexity index is 330. The van der Waals surface area contributed by atoms with Crippen LogP contribution in [0.5, 0.6) is 0 Å². The fourth-order valence-electron chi connectivity index (χ4n) is 0.893. The van der Waals surface area contributed by atoms with E-state index in [9.17, 15) is 18.0 Å². The van der Waals surface area contributed by atoms with Gasteiger partial charge in [-0.15, -0.1) is 0 Å². The molecule has 0 unspecified atom stereocenters. The van der Waals surface area contributed by atoms with Crippen LogP contribution in [0.1, 0.15) is 19.0 Å². The van der Waals surface area contributed by atoms with Crippen LogP contribution in [-0.4, -0.2) is 15.6 Å².